The zero-order valence-electron chi connectivity index (χ0n) is 11.3. The normalized spacial score (nSPS) is 11.7. The van der Waals surface area contributed by atoms with Gasteiger partial charge in [-0.1, -0.05) is 20.8 Å². The fraction of sp³-hybridized carbons (Fsp3) is 0.462. The summed E-state index contributed by atoms with van der Waals surface area (Å²) in [4.78, 5) is 20.6. The highest BCUT2D eigenvalue weighted by Crippen LogP contribution is 2.24. The number of nitrogens with zero attached hydrogens (tertiary/aromatic N) is 2. The molecule has 2 N–H and O–H groups in total. The number of thiazole rings is 2. The van der Waals surface area contributed by atoms with E-state index >= 15 is 0 Å². The quantitative estimate of drug-likeness (QED) is 0.941. The summed E-state index contributed by atoms with van der Waals surface area (Å²) in [7, 11) is 0. The Hall–Kier alpha value is -1.27. The first-order valence-electron chi connectivity index (χ1n) is 6.01. The average Bonchev–Trinajstić information content (AvgIpc) is 2.87. The zero-order chi connectivity index (χ0) is 14.0. The standard InChI is InChI=1S/C13H17N3OS2/c1-13(2,3)10-7-18-11(16-10)5-9(17)4-8-6-19-12(14)15-8/h6-7H,4-5H2,1-3H3,(H2,14,15). The monoisotopic (exact) mass is 295 g/mol. The third-order valence-electron chi connectivity index (χ3n) is 2.62. The van der Waals surface area contributed by atoms with Gasteiger partial charge in [0, 0.05) is 16.2 Å². The van der Waals surface area contributed by atoms with Crippen LogP contribution in [0.1, 0.15) is 37.2 Å². The molecule has 0 atom stereocenters. The van der Waals surface area contributed by atoms with E-state index in [1.54, 1.807) is 11.3 Å². The maximum Gasteiger partial charge on any atom is 0.180 e. The van der Waals surface area contributed by atoms with E-state index in [1.807, 2.05) is 10.8 Å². The van der Waals surface area contributed by atoms with Gasteiger partial charge < -0.3 is 5.73 Å². The summed E-state index contributed by atoms with van der Waals surface area (Å²) in [5.74, 6) is 0.125. The highest BCUT2D eigenvalue weighted by Gasteiger charge is 2.18. The fourth-order valence-corrected chi connectivity index (χ4v) is 3.19. The molecule has 0 aliphatic carbocycles. The SMILES string of the molecule is CC(C)(C)c1csc(CC(=O)Cc2csc(N)n2)n1. The molecule has 2 aromatic heterocycles. The Morgan fingerprint density at radius 2 is 1.95 bits per heavy atom. The van der Waals surface area contributed by atoms with Gasteiger partial charge >= 0.3 is 0 Å². The molecule has 0 radical (unpaired) electrons. The summed E-state index contributed by atoms with van der Waals surface area (Å²) in [6.45, 7) is 6.35. The summed E-state index contributed by atoms with van der Waals surface area (Å²) >= 11 is 2.91. The molecule has 0 aliphatic heterocycles. The number of nitrogens with two attached hydrogens (primary N) is 1. The van der Waals surface area contributed by atoms with E-state index in [4.69, 9.17) is 5.73 Å². The second-order valence-electron chi connectivity index (χ2n) is 5.45. The van der Waals surface area contributed by atoms with Crippen molar-refractivity contribution < 1.29 is 4.79 Å². The van der Waals surface area contributed by atoms with Crippen LogP contribution < -0.4 is 5.73 Å². The molecule has 0 saturated carbocycles. The van der Waals surface area contributed by atoms with Gasteiger partial charge in [0.1, 0.15) is 10.8 Å². The lowest BCUT2D eigenvalue weighted by atomic mass is 9.93. The molecule has 2 aromatic rings. The third kappa shape index (κ3) is 3.84. The Labute approximate surface area is 120 Å². The lowest BCUT2D eigenvalue weighted by molar-refractivity contribution is -0.117. The van der Waals surface area contributed by atoms with Crippen molar-refractivity contribution in [2.45, 2.75) is 39.0 Å². The molecule has 0 aliphatic rings. The molecule has 2 heterocycles. The lowest BCUT2D eigenvalue weighted by Gasteiger charge is -2.14. The second-order valence-corrected chi connectivity index (χ2v) is 7.28. The maximum atomic E-state index is 11.9. The van der Waals surface area contributed by atoms with Gasteiger partial charge in [-0.2, -0.15) is 0 Å². The fourth-order valence-electron chi connectivity index (χ4n) is 1.57. The topological polar surface area (TPSA) is 68.9 Å². The Balaban J connectivity index is 1.97. The smallest absolute Gasteiger partial charge is 0.180 e. The van der Waals surface area contributed by atoms with E-state index < -0.39 is 0 Å². The number of carbonyl (C=O) groups excluding carboxylic acids is 1. The van der Waals surface area contributed by atoms with Crippen LogP contribution in [0, 0.1) is 0 Å². The summed E-state index contributed by atoms with van der Waals surface area (Å²) in [5, 5.41) is 5.24. The van der Waals surface area contributed by atoms with Gasteiger partial charge in [-0.25, -0.2) is 9.97 Å². The average molecular weight is 295 g/mol. The Morgan fingerprint density at radius 1 is 1.21 bits per heavy atom. The van der Waals surface area contributed by atoms with Gasteiger partial charge in [0.25, 0.3) is 0 Å². The van der Waals surface area contributed by atoms with Gasteiger partial charge in [0.15, 0.2) is 5.13 Å². The Bertz CT molecular complexity index is 581. The predicted molar refractivity (Wildman–Crippen MR) is 79.8 cm³/mol. The van der Waals surface area contributed by atoms with Crippen LogP contribution in [-0.4, -0.2) is 15.8 Å². The molecule has 6 heteroatoms. The van der Waals surface area contributed by atoms with E-state index in [2.05, 4.69) is 30.7 Å². The van der Waals surface area contributed by atoms with Crippen LogP contribution in [0.4, 0.5) is 5.13 Å². The molecule has 0 bridgehead atoms. The van der Waals surface area contributed by atoms with E-state index in [1.165, 1.54) is 11.3 Å². The van der Waals surface area contributed by atoms with Gasteiger partial charge in [0.2, 0.25) is 0 Å². The van der Waals surface area contributed by atoms with E-state index in [0.29, 0.717) is 18.0 Å². The molecule has 0 saturated heterocycles. The molecule has 0 aromatic carbocycles. The Morgan fingerprint density at radius 3 is 2.47 bits per heavy atom. The number of carbonyl (C=O) groups is 1. The summed E-state index contributed by atoms with van der Waals surface area (Å²) in [5.41, 5.74) is 7.36. The van der Waals surface area contributed by atoms with Crippen molar-refractivity contribution in [3.63, 3.8) is 0 Å². The molecule has 0 fully saturated rings. The Kier molecular flexibility index (Phi) is 4.01. The van der Waals surface area contributed by atoms with Crippen molar-refractivity contribution in [2.75, 3.05) is 5.73 Å². The molecule has 0 unspecified atom stereocenters. The van der Waals surface area contributed by atoms with Crippen LogP contribution in [0.5, 0.6) is 0 Å². The first-order chi connectivity index (χ1) is 8.84. The van der Waals surface area contributed by atoms with Crippen molar-refractivity contribution in [3.8, 4) is 0 Å². The van der Waals surface area contributed by atoms with E-state index in [-0.39, 0.29) is 11.2 Å². The van der Waals surface area contributed by atoms with Crippen LogP contribution in [0.15, 0.2) is 10.8 Å². The second kappa shape index (κ2) is 5.38. The number of hydrogen-bond donors (Lipinski definition) is 1. The van der Waals surface area contributed by atoms with Gasteiger partial charge in [0.05, 0.1) is 24.2 Å². The molecule has 0 amide bonds. The van der Waals surface area contributed by atoms with Gasteiger partial charge in [-0.15, -0.1) is 22.7 Å². The third-order valence-corrected chi connectivity index (χ3v) is 4.19. The maximum absolute atomic E-state index is 11.9. The number of nitrogen functional groups attached to an aromatic ring is 1. The number of anilines is 1. The highest BCUT2D eigenvalue weighted by molar-refractivity contribution is 7.13. The largest absolute Gasteiger partial charge is 0.375 e. The minimum atomic E-state index is 0.0289. The van der Waals surface area contributed by atoms with E-state index in [0.717, 1.165) is 16.4 Å². The van der Waals surface area contributed by atoms with Gasteiger partial charge in [-0.3, -0.25) is 4.79 Å². The minimum absolute atomic E-state index is 0.0289. The summed E-state index contributed by atoms with van der Waals surface area (Å²) in [6, 6.07) is 0. The first kappa shape index (κ1) is 14.1. The molecular weight excluding hydrogens is 278 g/mol. The van der Waals surface area contributed by atoms with Crippen LogP contribution in [0.25, 0.3) is 0 Å². The predicted octanol–water partition coefficient (Wildman–Crippen LogP) is 2.83. The van der Waals surface area contributed by atoms with E-state index in [9.17, 15) is 4.79 Å². The van der Waals surface area contributed by atoms with Crippen LogP contribution in [0.3, 0.4) is 0 Å². The molecular formula is C13H17N3OS2. The van der Waals surface area contributed by atoms with Crippen LogP contribution in [-0.2, 0) is 23.1 Å². The van der Waals surface area contributed by atoms with Crippen molar-refractivity contribution in [2.24, 2.45) is 0 Å². The molecule has 102 valence electrons. The van der Waals surface area contributed by atoms with Crippen LogP contribution >= 0.6 is 22.7 Å². The highest BCUT2D eigenvalue weighted by atomic mass is 32.1. The summed E-state index contributed by atoms with van der Waals surface area (Å²) in [6.07, 6.45) is 0.705. The molecule has 4 nitrogen and oxygen atoms in total. The number of aromatic nitrogens is 2. The summed E-state index contributed by atoms with van der Waals surface area (Å²) < 4.78 is 0. The molecule has 19 heavy (non-hydrogen) atoms. The number of hydrogen-bond acceptors (Lipinski definition) is 6. The first-order valence-corrected chi connectivity index (χ1v) is 7.77. The van der Waals surface area contributed by atoms with Gasteiger partial charge in [-0.05, 0) is 0 Å². The van der Waals surface area contributed by atoms with Crippen molar-refractivity contribution in [1.29, 1.82) is 0 Å². The lowest BCUT2D eigenvalue weighted by Crippen LogP contribution is -2.12. The van der Waals surface area contributed by atoms with Crippen LogP contribution in [0.2, 0.25) is 0 Å². The minimum Gasteiger partial charge on any atom is -0.375 e. The van der Waals surface area contributed by atoms with Crippen molar-refractivity contribution >= 4 is 33.6 Å². The van der Waals surface area contributed by atoms with Crippen molar-refractivity contribution in [1.82, 2.24) is 9.97 Å². The number of ketones is 1. The van der Waals surface area contributed by atoms with Crippen molar-refractivity contribution in [3.05, 3.63) is 27.2 Å². The number of rotatable bonds is 4. The molecule has 2 rings (SSSR count). The zero-order valence-corrected chi connectivity index (χ0v) is 12.9. The number of Topliss-reactive ketones (excluding diaryl/α,β-unsaturated/α-hetero) is 1. The molecule has 0 spiro atoms.